The van der Waals surface area contributed by atoms with Gasteiger partial charge in [0.15, 0.2) is 0 Å². The molecule has 1 aromatic carbocycles. The number of benzene rings is 1. The second kappa shape index (κ2) is 5.78. The van der Waals surface area contributed by atoms with Crippen LogP contribution in [0.5, 0.6) is 0 Å². The van der Waals surface area contributed by atoms with Crippen molar-refractivity contribution in [3.8, 4) is 0 Å². The third-order valence-corrected chi connectivity index (χ3v) is 3.62. The van der Waals surface area contributed by atoms with Gasteiger partial charge in [0.25, 0.3) is 0 Å². The smallest absolute Gasteiger partial charge is 0.123 e. The molecule has 100 valence electrons. The van der Waals surface area contributed by atoms with Crippen molar-refractivity contribution in [3.05, 3.63) is 35.6 Å². The van der Waals surface area contributed by atoms with Gasteiger partial charge in [-0.1, -0.05) is 12.1 Å². The summed E-state index contributed by atoms with van der Waals surface area (Å²) in [6.07, 6.45) is 0.251. The van der Waals surface area contributed by atoms with E-state index in [0.717, 1.165) is 25.3 Å². The summed E-state index contributed by atoms with van der Waals surface area (Å²) in [6.45, 7) is 6.74. The third kappa shape index (κ3) is 3.07. The van der Waals surface area contributed by atoms with Crippen LogP contribution < -0.4 is 5.73 Å². The van der Waals surface area contributed by atoms with Crippen molar-refractivity contribution in [2.24, 2.45) is 5.73 Å². The first kappa shape index (κ1) is 13.5. The second-order valence-corrected chi connectivity index (χ2v) is 4.99. The third-order valence-electron chi connectivity index (χ3n) is 3.62. The Morgan fingerprint density at radius 2 is 2.06 bits per heavy atom. The lowest BCUT2D eigenvalue weighted by molar-refractivity contribution is -0.0350. The summed E-state index contributed by atoms with van der Waals surface area (Å²) >= 11 is 0. The van der Waals surface area contributed by atoms with E-state index in [0.29, 0.717) is 0 Å². The zero-order valence-electron chi connectivity index (χ0n) is 11.0. The minimum atomic E-state index is -0.224. The lowest BCUT2D eigenvalue weighted by Crippen LogP contribution is -2.49. The van der Waals surface area contributed by atoms with Crippen LogP contribution in [-0.4, -0.2) is 36.7 Å². The maximum absolute atomic E-state index is 12.9. The topological polar surface area (TPSA) is 38.5 Å². The van der Waals surface area contributed by atoms with Gasteiger partial charge in [-0.25, -0.2) is 4.39 Å². The molecule has 3 nitrogen and oxygen atoms in total. The van der Waals surface area contributed by atoms with E-state index in [1.54, 1.807) is 12.1 Å². The van der Waals surface area contributed by atoms with Crippen LogP contribution in [0.15, 0.2) is 24.3 Å². The van der Waals surface area contributed by atoms with Crippen molar-refractivity contribution in [1.29, 1.82) is 0 Å². The summed E-state index contributed by atoms with van der Waals surface area (Å²) < 4.78 is 18.4. The normalized spacial score (nSPS) is 24.8. The van der Waals surface area contributed by atoms with Crippen molar-refractivity contribution in [2.45, 2.75) is 32.0 Å². The van der Waals surface area contributed by atoms with Crippen molar-refractivity contribution in [3.63, 3.8) is 0 Å². The fourth-order valence-electron chi connectivity index (χ4n) is 2.41. The number of ether oxygens (including phenoxy) is 1. The molecule has 2 N–H and O–H groups in total. The summed E-state index contributed by atoms with van der Waals surface area (Å²) in [5, 5.41) is 0. The average molecular weight is 252 g/mol. The Bertz CT molecular complexity index is 382. The first-order valence-electron chi connectivity index (χ1n) is 6.44. The van der Waals surface area contributed by atoms with Crippen LogP contribution in [0.2, 0.25) is 0 Å². The summed E-state index contributed by atoms with van der Waals surface area (Å²) in [5.41, 5.74) is 7.23. The van der Waals surface area contributed by atoms with Gasteiger partial charge in [0.05, 0.1) is 12.7 Å². The number of nitrogens with zero attached hydrogens (tertiary/aromatic N) is 1. The van der Waals surface area contributed by atoms with Gasteiger partial charge in [0.2, 0.25) is 0 Å². The standard InChI is InChI=1S/C14H21FN2O/c1-10-9-17(7-8-18-10)11(2)14(16)12-3-5-13(15)6-4-12/h3-6,10-11,14H,7-9,16H2,1-2H3. The van der Waals surface area contributed by atoms with Crippen molar-refractivity contribution in [1.82, 2.24) is 4.90 Å². The monoisotopic (exact) mass is 252 g/mol. The van der Waals surface area contributed by atoms with Crippen LogP contribution >= 0.6 is 0 Å². The van der Waals surface area contributed by atoms with Gasteiger partial charge in [0, 0.05) is 25.2 Å². The Labute approximate surface area is 108 Å². The highest BCUT2D eigenvalue weighted by Gasteiger charge is 2.26. The molecular weight excluding hydrogens is 231 g/mol. The molecule has 3 unspecified atom stereocenters. The molecule has 0 aliphatic carbocycles. The highest BCUT2D eigenvalue weighted by atomic mass is 19.1. The summed E-state index contributed by atoms with van der Waals surface area (Å²) in [6, 6.07) is 6.58. The number of halogens is 1. The molecule has 1 saturated heterocycles. The van der Waals surface area contributed by atoms with Gasteiger partial charge < -0.3 is 10.5 Å². The van der Waals surface area contributed by atoms with Gasteiger partial charge in [-0.3, -0.25) is 4.90 Å². The molecule has 1 heterocycles. The molecule has 0 spiro atoms. The van der Waals surface area contributed by atoms with E-state index in [1.807, 2.05) is 0 Å². The molecule has 1 fully saturated rings. The zero-order valence-corrected chi connectivity index (χ0v) is 11.0. The Morgan fingerprint density at radius 3 is 2.67 bits per heavy atom. The van der Waals surface area contributed by atoms with Crippen molar-refractivity contribution >= 4 is 0 Å². The lowest BCUT2D eigenvalue weighted by Gasteiger charge is -2.38. The van der Waals surface area contributed by atoms with Gasteiger partial charge in [-0.15, -0.1) is 0 Å². The largest absolute Gasteiger partial charge is 0.376 e. The van der Waals surface area contributed by atoms with E-state index < -0.39 is 0 Å². The highest BCUT2D eigenvalue weighted by molar-refractivity contribution is 5.21. The van der Waals surface area contributed by atoms with E-state index in [1.165, 1.54) is 12.1 Å². The molecule has 0 bridgehead atoms. The molecule has 0 amide bonds. The van der Waals surface area contributed by atoms with Crippen LogP contribution in [0.1, 0.15) is 25.5 Å². The summed E-state index contributed by atoms with van der Waals surface area (Å²) in [5.74, 6) is -0.224. The van der Waals surface area contributed by atoms with E-state index in [4.69, 9.17) is 10.5 Å². The van der Waals surface area contributed by atoms with Crippen LogP contribution in [-0.2, 0) is 4.74 Å². The Hall–Kier alpha value is -0.970. The van der Waals surface area contributed by atoms with Crippen LogP contribution in [0.3, 0.4) is 0 Å². The predicted molar refractivity (Wildman–Crippen MR) is 69.8 cm³/mol. The Kier molecular flexibility index (Phi) is 4.32. The molecule has 18 heavy (non-hydrogen) atoms. The number of hydrogen-bond donors (Lipinski definition) is 1. The van der Waals surface area contributed by atoms with E-state index >= 15 is 0 Å². The predicted octanol–water partition coefficient (Wildman–Crippen LogP) is 1.93. The molecule has 0 aromatic heterocycles. The molecule has 4 heteroatoms. The van der Waals surface area contributed by atoms with Crippen LogP contribution in [0.25, 0.3) is 0 Å². The minimum absolute atomic E-state index is 0.101. The molecule has 1 aromatic rings. The minimum Gasteiger partial charge on any atom is -0.376 e. The molecular formula is C14H21FN2O. The van der Waals surface area contributed by atoms with E-state index in [2.05, 4.69) is 18.7 Å². The maximum Gasteiger partial charge on any atom is 0.123 e. The highest BCUT2D eigenvalue weighted by Crippen LogP contribution is 2.20. The SMILES string of the molecule is CC1CN(C(C)C(N)c2ccc(F)cc2)CCO1. The fraction of sp³-hybridized carbons (Fsp3) is 0.571. The Morgan fingerprint density at radius 1 is 1.39 bits per heavy atom. The van der Waals surface area contributed by atoms with Crippen molar-refractivity contribution < 1.29 is 9.13 Å². The first-order valence-corrected chi connectivity index (χ1v) is 6.44. The number of nitrogens with two attached hydrogens (primary N) is 1. The number of morpholine rings is 1. The van der Waals surface area contributed by atoms with Crippen LogP contribution in [0, 0.1) is 5.82 Å². The van der Waals surface area contributed by atoms with Gasteiger partial charge in [0.1, 0.15) is 5.82 Å². The summed E-state index contributed by atoms with van der Waals surface area (Å²) in [7, 11) is 0. The molecule has 1 aliphatic heterocycles. The number of hydrogen-bond acceptors (Lipinski definition) is 3. The van der Waals surface area contributed by atoms with E-state index in [-0.39, 0.29) is 24.0 Å². The fourth-order valence-corrected chi connectivity index (χ4v) is 2.41. The molecule has 1 aliphatic rings. The molecule has 3 atom stereocenters. The van der Waals surface area contributed by atoms with Crippen molar-refractivity contribution in [2.75, 3.05) is 19.7 Å². The van der Waals surface area contributed by atoms with Gasteiger partial charge in [-0.2, -0.15) is 0 Å². The van der Waals surface area contributed by atoms with E-state index in [9.17, 15) is 4.39 Å². The number of rotatable bonds is 3. The van der Waals surface area contributed by atoms with Gasteiger partial charge in [-0.05, 0) is 31.5 Å². The quantitative estimate of drug-likeness (QED) is 0.893. The Balaban J connectivity index is 2.03. The van der Waals surface area contributed by atoms with Gasteiger partial charge >= 0.3 is 0 Å². The van der Waals surface area contributed by atoms with Crippen LogP contribution in [0.4, 0.5) is 4.39 Å². The first-order chi connectivity index (χ1) is 8.58. The molecule has 0 saturated carbocycles. The average Bonchev–Trinajstić information content (AvgIpc) is 2.38. The zero-order chi connectivity index (χ0) is 13.1. The molecule has 2 rings (SSSR count). The summed E-state index contributed by atoms with van der Waals surface area (Å²) in [4.78, 5) is 2.34. The lowest BCUT2D eigenvalue weighted by atomic mass is 9.99. The maximum atomic E-state index is 12.9. The molecule has 0 radical (unpaired) electrons. The second-order valence-electron chi connectivity index (χ2n) is 4.99.